The Bertz CT molecular complexity index is 1920. The number of nitrogens with one attached hydrogen (secondary N) is 1. The molecule has 1 aliphatic carbocycles. The van der Waals surface area contributed by atoms with Crippen molar-refractivity contribution in [2.45, 2.75) is 66.4 Å². The van der Waals surface area contributed by atoms with Crippen LogP contribution in [0.5, 0.6) is 17.2 Å². The molecular formula is C41H54N6O5. The van der Waals surface area contributed by atoms with E-state index in [2.05, 4.69) is 34.0 Å². The number of nitrogens with zero attached hydrogens (tertiary/aromatic N) is 5. The van der Waals surface area contributed by atoms with Crippen molar-refractivity contribution in [3.05, 3.63) is 101 Å². The summed E-state index contributed by atoms with van der Waals surface area (Å²) >= 11 is 0. The van der Waals surface area contributed by atoms with Crippen LogP contribution in [0.1, 0.15) is 69.4 Å². The van der Waals surface area contributed by atoms with E-state index < -0.39 is 0 Å². The lowest BCUT2D eigenvalue weighted by Crippen LogP contribution is -2.24. The fourth-order valence-electron chi connectivity index (χ4n) is 6.07. The number of anilines is 1. The van der Waals surface area contributed by atoms with Gasteiger partial charge in [0.1, 0.15) is 28.6 Å². The van der Waals surface area contributed by atoms with Crippen LogP contribution >= 0.6 is 0 Å². The number of aldehydes is 1. The van der Waals surface area contributed by atoms with Gasteiger partial charge < -0.3 is 19.9 Å². The molecule has 52 heavy (non-hydrogen) atoms. The Labute approximate surface area is 307 Å². The summed E-state index contributed by atoms with van der Waals surface area (Å²) in [6, 6.07) is 20.7. The van der Waals surface area contributed by atoms with Crippen LogP contribution in [0.25, 0.3) is 16.6 Å². The molecule has 1 aliphatic heterocycles. The highest BCUT2D eigenvalue weighted by Gasteiger charge is 2.54. The topological polar surface area (TPSA) is 124 Å². The van der Waals surface area contributed by atoms with Gasteiger partial charge in [-0.15, -0.1) is 0 Å². The standard InChI is InChI=1S/C24H28N4O3.C12H12N2O2.C3H8.C2H6/c1-25-23-6-4-18(14-27-23)31-21-7-10-26-20-13-17(3-5-19(20)21)30-12-2-11-28-15-22(29)24(16-28)8-9-24;1-9-11(8-15)12(16)14(13(9)2)10-6-4-3-5-7-10;1-3-2;1-2/h3-7,10,13-14,22,29H,2,8-9,11-12,15-16H2,1H3,(H,25,27);3-8H,1-2H3;3H2,1-2H3;1-2H3. The number of aliphatic hydroxyl groups excluding tert-OH is 1. The molecule has 2 fully saturated rings. The first kappa shape index (κ1) is 39.8. The molecule has 1 atom stereocenters. The van der Waals surface area contributed by atoms with Crippen molar-refractivity contribution >= 4 is 23.0 Å². The Morgan fingerprint density at radius 3 is 2.33 bits per heavy atom. The van der Waals surface area contributed by atoms with Crippen molar-refractivity contribution in [3.8, 4) is 22.9 Å². The highest BCUT2D eigenvalue weighted by molar-refractivity contribution is 5.86. The Hall–Kier alpha value is -5.00. The van der Waals surface area contributed by atoms with Crippen molar-refractivity contribution in [2.24, 2.45) is 12.5 Å². The summed E-state index contributed by atoms with van der Waals surface area (Å²) < 4.78 is 15.2. The summed E-state index contributed by atoms with van der Waals surface area (Å²) in [6.45, 7) is 13.4. The predicted octanol–water partition coefficient (Wildman–Crippen LogP) is 7.43. The van der Waals surface area contributed by atoms with Crippen molar-refractivity contribution in [3.63, 3.8) is 0 Å². The number of fused-ring (bicyclic) bond motifs is 1. The molecule has 4 heterocycles. The van der Waals surface area contributed by atoms with E-state index in [0.717, 1.165) is 60.0 Å². The molecule has 2 aliphatic rings. The van der Waals surface area contributed by atoms with Crippen LogP contribution < -0.4 is 20.3 Å². The van der Waals surface area contributed by atoms with Gasteiger partial charge in [-0.1, -0.05) is 52.3 Å². The summed E-state index contributed by atoms with van der Waals surface area (Å²) in [5.74, 6) is 3.00. The molecule has 2 N–H and O–H groups in total. The lowest BCUT2D eigenvalue weighted by molar-refractivity contribution is 0.112. The Kier molecular flexibility index (Phi) is 14.5. The third-order valence-electron chi connectivity index (χ3n) is 9.07. The molecule has 11 nitrogen and oxygen atoms in total. The second-order valence-corrected chi connectivity index (χ2v) is 12.8. The normalized spacial score (nSPS) is 15.3. The van der Waals surface area contributed by atoms with Crippen LogP contribution in [0.3, 0.4) is 0 Å². The number of ether oxygens (including phenoxy) is 2. The number of para-hydroxylation sites is 1. The molecule has 0 radical (unpaired) electrons. The minimum absolute atomic E-state index is 0.145. The van der Waals surface area contributed by atoms with Crippen molar-refractivity contribution in [1.29, 1.82) is 0 Å². The first-order valence-electron chi connectivity index (χ1n) is 18.3. The average Bonchev–Trinajstić information content (AvgIpc) is 3.84. The van der Waals surface area contributed by atoms with Gasteiger partial charge in [0.05, 0.1) is 30.1 Å². The maximum Gasteiger partial charge on any atom is 0.282 e. The summed E-state index contributed by atoms with van der Waals surface area (Å²) in [5, 5.41) is 14.1. The van der Waals surface area contributed by atoms with Crippen LogP contribution in [0.4, 0.5) is 5.82 Å². The van der Waals surface area contributed by atoms with Gasteiger partial charge in [-0.2, -0.15) is 0 Å². The van der Waals surface area contributed by atoms with Crippen molar-refractivity contribution in [2.75, 3.05) is 38.6 Å². The Balaban J connectivity index is 0.000000242. The monoisotopic (exact) mass is 710 g/mol. The first-order valence-corrected chi connectivity index (χ1v) is 18.3. The molecule has 1 unspecified atom stereocenters. The summed E-state index contributed by atoms with van der Waals surface area (Å²) in [6.07, 6.45) is 8.44. The van der Waals surface area contributed by atoms with Crippen LogP contribution in [-0.2, 0) is 7.05 Å². The second kappa shape index (κ2) is 19.0. The van der Waals surface area contributed by atoms with Gasteiger partial charge in [-0.05, 0) is 68.7 Å². The van der Waals surface area contributed by atoms with E-state index in [9.17, 15) is 14.7 Å². The second-order valence-electron chi connectivity index (χ2n) is 12.8. The zero-order chi connectivity index (χ0) is 37.7. The Morgan fingerprint density at radius 1 is 1.02 bits per heavy atom. The predicted molar refractivity (Wildman–Crippen MR) is 208 cm³/mol. The quantitative estimate of drug-likeness (QED) is 0.113. The number of hydrogen-bond donors (Lipinski definition) is 2. The van der Waals surface area contributed by atoms with E-state index in [1.807, 2.05) is 87.6 Å². The molecular weight excluding hydrogens is 656 g/mol. The van der Waals surface area contributed by atoms with Crippen LogP contribution in [0.15, 0.2) is 83.9 Å². The number of benzene rings is 2. The summed E-state index contributed by atoms with van der Waals surface area (Å²) in [4.78, 5) is 33.9. The Morgan fingerprint density at radius 2 is 1.73 bits per heavy atom. The third kappa shape index (κ3) is 9.65. The third-order valence-corrected chi connectivity index (χ3v) is 9.07. The zero-order valence-electron chi connectivity index (χ0n) is 31.6. The summed E-state index contributed by atoms with van der Waals surface area (Å²) in [5.41, 5.74) is 2.41. The van der Waals surface area contributed by atoms with Gasteiger partial charge in [0.15, 0.2) is 6.29 Å². The number of aromatic nitrogens is 4. The van der Waals surface area contributed by atoms with E-state index >= 15 is 0 Å². The molecule has 1 spiro atoms. The minimum atomic E-state index is -0.277. The van der Waals surface area contributed by atoms with Crippen LogP contribution in [-0.4, -0.2) is 75.0 Å². The highest BCUT2D eigenvalue weighted by Crippen LogP contribution is 2.52. The van der Waals surface area contributed by atoms with Gasteiger partial charge in [-0.25, -0.2) is 9.67 Å². The molecule has 7 rings (SSSR count). The molecule has 1 saturated heterocycles. The number of rotatable bonds is 10. The van der Waals surface area contributed by atoms with Crippen molar-refractivity contribution < 1.29 is 19.4 Å². The maximum atomic E-state index is 12.0. The van der Waals surface area contributed by atoms with Crippen LogP contribution in [0, 0.1) is 12.3 Å². The van der Waals surface area contributed by atoms with E-state index in [1.54, 1.807) is 31.0 Å². The molecule has 1 saturated carbocycles. The number of carbonyl (C=O) groups excluding carboxylic acids is 1. The molecule has 5 aromatic rings. The first-order chi connectivity index (χ1) is 25.2. The number of aliphatic hydroxyl groups is 1. The van der Waals surface area contributed by atoms with E-state index in [-0.39, 0.29) is 22.6 Å². The van der Waals surface area contributed by atoms with Gasteiger partial charge in [0.25, 0.3) is 5.56 Å². The lowest BCUT2D eigenvalue weighted by Gasteiger charge is -2.15. The number of pyridine rings is 2. The molecule has 0 amide bonds. The van der Waals surface area contributed by atoms with E-state index in [1.165, 1.54) is 23.9 Å². The van der Waals surface area contributed by atoms with E-state index in [0.29, 0.717) is 24.3 Å². The van der Waals surface area contributed by atoms with Gasteiger partial charge >= 0.3 is 0 Å². The fourth-order valence-corrected chi connectivity index (χ4v) is 6.07. The van der Waals surface area contributed by atoms with Gasteiger partial charge in [-0.3, -0.25) is 24.2 Å². The maximum absolute atomic E-state index is 12.0. The number of likely N-dealkylation sites (tertiary alicyclic amines) is 1. The average molecular weight is 711 g/mol. The fraction of sp³-hybridized carbons (Fsp3) is 0.415. The molecule has 11 heteroatoms. The van der Waals surface area contributed by atoms with Crippen molar-refractivity contribution in [1.82, 2.24) is 24.2 Å². The number of β-amino-alcohol motifs (C(OH)–C–C–N with tert-alkyl or cyclic N) is 1. The summed E-state index contributed by atoms with van der Waals surface area (Å²) in [7, 11) is 3.59. The molecule has 0 bridgehead atoms. The van der Waals surface area contributed by atoms with Gasteiger partial charge in [0.2, 0.25) is 0 Å². The number of carbonyl (C=O) groups is 1. The van der Waals surface area contributed by atoms with Gasteiger partial charge in [0, 0.05) is 62.5 Å². The minimum Gasteiger partial charge on any atom is -0.493 e. The van der Waals surface area contributed by atoms with Crippen LogP contribution in [0.2, 0.25) is 0 Å². The largest absolute Gasteiger partial charge is 0.493 e. The molecule has 3 aromatic heterocycles. The van der Waals surface area contributed by atoms with E-state index in [4.69, 9.17) is 9.47 Å². The zero-order valence-corrected chi connectivity index (χ0v) is 31.6. The lowest BCUT2D eigenvalue weighted by atomic mass is 10.0. The molecule has 2 aromatic carbocycles. The molecule has 278 valence electrons. The highest BCUT2D eigenvalue weighted by atomic mass is 16.5. The smallest absolute Gasteiger partial charge is 0.282 e. The SMILES string of the molecule is CC.CCC.CNc1ccc(Oc2ccnc3cc(OCCCN4CC(O)C5(CC5)C4)ccc23)cn1.Cc1c(C=O)c(=O)n(-c2ccccc2)n1C. The number of hydrogen-bond acceptors (Lipinski definition) is 9.